The molecule has 1 aromatic carbocycles. The lowest BCUT2D eigenvalue weighted by molar-refractivity contribution is 0.0572. The van der Waals surface area contributed by atoms with Gasteiger partial charge in [0.2, 0.25) is 0 Å². The van der Waals surface area contributed by atoms with Gasteiger partial charge in [-0.05, 0) is 19.1 Å². The zero-order valence-corrected chi connectivity index (χ0v) is 9.63. The fraction of sp³-hybridized carbons (Fsp3) is 0.417. The van der Waals surface area contributed by atoms with Gasteiger partial charge in [-0.2, -0.15) is 0 Å². The highest BCUT2D eigenvalue weighted by atomic mass is 16.3. The van der Waals surface area contributed by atoms with Crippen molar-refractivity contribution >= 4 is 11.6 Å². The van der Waals surface area contributed by atoms with Crippen molar-refractivity contribution in [3.8, 4) is 0 Å². The average Bonchev–Trinajstić information content (AvgIpc) is 2.62. The molecule has 5 heteroatoms. The SMILES string of the molecule is Cc1ccc(N)c(C(=O)N2CC(O)C(O)C2)c1. The summed E-state index contributed by atoms with van der Waals surface area (Å²) in [7, 11) is 0. The molecule has 0 saturated carbocycles. The van der Waals surface area contributed by atoms with Crippen molar-refractivity contribution in [2.75, 3.05) is 18.8 Å². The van der Waals surface area contributed by atoms with E-state index in [1.54, 1.807) is 12.1 Å². The summed E-state index contributed by atoms with van der Waals surface area (Å²) in [5, 5.41) is 18.8. The van der Waals surface area contributed by atoms with E-state index < -0.39 is 12.2 Å². The maximum Gasteiger partial charge on any atom is 0.256 e. The number of benzene rings is 1. The van der Waals surface area contributed by atoms with Crippen LogP contribution in [0.15, 0.2) is 18.2 Å². The Bertz CT molecular complexity index is 437. The van der Waals surface area contributed by atoms with Gasteiger partial charge in [-0.15, -0.1) is 0 Å². The third-order valence-electron chi connectivity index (χ3n) is 2.99. The van der Waals surface area contributed by atoms with Crippen molar-refractivity contribution in [3.05, 3.63) is 29.3 Å². The van der Waals surface area contributed by atoms with Crippen molar-refractivity contribution < 1.29 is 15.0 Å². The van der Waals surface area contributed by atoms with Crippen LogP contribution in [0.3, 0.4) is 0 Å². The van der Waals surface area contributed by atoms with Gasteiger partial charge in [-0.25, -0.2) is 0 Å². The van der Waals surface area contributed by atoms with Gasteiger partial charge >= 0.3 is 0 Å². The molecule has 17 heavy (non-hydrogen) atoms. The lowest BCUT2D eigenvalue weighted by Gasteiger charge is -2.16. The third kappa shape index (κ3) is 2.25. The van der Waals surface area contributed by atoms with Crippen LogP contribution in [0, 0.1) is 6.92 Å². The molecule has 0 spiro atoms. The van der Waals surface area contributed by atoms with Crippen LogP contribution in [0.4, 0.5) is 5.69 Å². The first-order valence-electron chi connectivity index (χ1n) is 5.50. The highest BCUT2D eigenvalue weighted by Gasteiger charge is 2.33. The molecule has 1 saturated heterocycles. The highest BCUT2D eigenvalue weighted by Crippen LogP contribution is 2.19. The van der Waals surface area contributed by atoms with E-state index in [-0.39, 0.29) is 19.0 Å². The largest absolute Gasteiger partial charge is 0.398 e. The number of aliphatic hydroxyl groups excluding tert-OH is 2. The number of likely N-dealkylation sites (tertiary alicyclic amines) is 1. The third-order valence-corrected chi connectivity index (χ3v) is 2.99. The molecule has 2 unspecified atom stereocenters. The van der Waals surface area contributed by atoms with Gasteiger partial charge in [0.15, 0.2) is 0 Å². The van der Waals surface area contributed by atoms with Gasteiger partial charge in [0.05, 0.1) is 17.8 Å². The number of hydrogen-bond donors (Lipinski definition) is 3. The number of carbonyl (C=O) groups excluding carboxylic acids is 1. The van der Waals surface area contributed by atoms with Gasteiger partial charge in [-0.3, -0.25) is 4.79 Å². The summed E-state index contributed by atoms with van der Waals surface area (Å²) < 4.78 is 0. The lowest BCUT2D eigenvalue weighted by atomic mass is 10.1. The van der Waals surface area contributed by atoms with E-state index >= 15 is 0 Å². The topological polar surface area (TPSA) is 86.8 Å². The van der Waals surface area contributed by atoms with Gasteiger partial charge in [0, 0.05) is 18.8 Å². The van der Waals surface area contributed by atoms with Crippen LogP contribution in [0.25, 0.3) is 0 Å². The predicted molar refractivity (Wildman–Crippen MR) is 63.5 cm³/mol. The molecule has 0 aromatic heterocycles. The van der Waals surface area contributed by atoms with Gasteiger partial charge in [0.1, 0.15) is 0 Å². The predicted octanol–water partition coefficient (Wildman–Crippen LogP) is -0.245. The summed E-state index contributed by atoms with van der Waals surface area (Å²) in [6.45, 7) is 2.17. The molecule has 1 aliphatic heterocycles. The molecule has 1 heterocycles. The van der Waals surface area contributed by atoms with Crippen molar-refractivity contribution in [1.82, 2.24) is 4.90 Å². The first-order chi connectivity index (χ1) is 7.99. The van der Waals surface area contributed by atoms with E-state index in [1.165, 1.54) is 4.90 Å². The van der Waals surface area contributed by atoms with E-state index in [1.807, 2.05) is 13.0 Å². The maximum absolute atomic E-state index is 12.1. The summed E-state index contributed by atoms with van der Waals surface area (Å²) in [5.74, 6) is -0.248. The molecule has 1 fully saturated rings. The minimum absolute atomic E-state index is 0.146. The van der Waals surface area contributed by atoms with Gasteiger partial charge in [-0.1, -0.05) is 11.6 Å². The fourth-order valence-electron chi connectivity index (χ4n) is 1.96. The molecule has 1 aliphatic rings. The molecule has 4 N–H and O–H groups in total. The Morgan fingerprint density at radius 3 is 2.53 bits per heavy atom. The summed E-state index contributed by atoms with van der Waals surface area (Å²) in [6, 6.07) is 5.24. The Hall–Kier alpha value is -1.59. The van der Waals surface area contributed by atoms with Crippen LogP contribution in [-0.2, 0) is 0 Å². The van der Waals surface area contributed by atoms with Crippen molar-refractivity contribution in [3.63, 3.8) is 0 Å². The van der Waals surface area contributed by atoms with E-state index in [9.17, 15) is 15.0 Å². The lowest BCUT2D eigenvalue weighted by Crippen LogP contribution is -2.30. The Morgan fingerprint density at radius 2 is 1.94 bits per heavy atom. The quantitative estimate of drug-likeness (QED) is 0.587. The summed E-state index contributed by atoms with van der Waals surface area (Å²) >= 11 is 0. The first-order valence-corrected chi connectivity index (χ1v) is 5.50. The highest BCUT2D eigenvalue weighted by molar-refractivity contribution is 5.99. The second-order valence-corrected chi connectivity index (χ2v) is 4.44. The molecule has 2 atom stereocenters. The van der Waals surface area contributed by atoms with Crippen LogP contribution in [0.5, 0.6) is 0 Å². The number of hydrogen-bond acceptors (Lipinski definition) is 4. The maximum atomic E-state index is 12.1. The molecule has 92 valence electrons. The standard InChI is InChI=1S/C12H16N2O3/c1-7-2-3-9(13)8(4-7)12(17)14-5-10(15)11(16)6-14/h2-4,10-11,15-16H,5-6,13H2,1H3. The number of aryl methyl sites for hydroxylation is 1. The smallest absolute Gasteiger partial charge is 0.256 e. The number of nitrogen functional groups attached to an aromatic ring is 1. The molecule has 5 nitrogen and oxygen atoms in total. The van der Waals surface area contributed by atoms with Gasteiger partial charge in [0.25, 0.3) is 5.91 Å². The van der Waals surface area contributed by atoms with Crippen molar-refractivity contribution in [2.24, 2.45) is 0 Å². The number of rotatable bonds is 1. The Balaban J connectivity index is 2.23. The second-order valence-electron chi connectivity index (χ2n) is 4.44. The van der Waals surface area contributed by atoms with E-state index in [2.05, 4.69) is 0 Å². The van der Waals surface area contributed by atoms with E-state index in [0.717, 1.165) is 5.56 Å². The van der Waals surface area contributed by atoms with Crippen LogP contribution in [0.2, 0.25) is 0 Å². The Labute approximate surface area is 99.5 Å². The Kier molecular flexibility index (Phi) is 3.04. The first kappa shape index (κ1) is 11.9. The summed E-state index contributed by atoms with van der Waals surface area (Å²) in [5.41, 5.74) is 7.54. The van der Waals surface area contributed by atoms with Gasteiger partial charge < -0.3 is 20.8 Å². The zero-order valence-electron chi connectivity index (χ0n) is 9.63. The fourth-order valence-corrected chi connectivity index (χ4v) is 1.96. The summed E-state index contributed by atoms with van der Waals surface area (Å²) in [4.78, 5) is 13.6. The number of nitrogens with two attached hydrogens (primary N) is 1. The van der Waals surface area contributed by atoms with Crippen molar-refractivity contribution in [1.29, 1.82) is 0 Å². The molecule has 0 aliphatic carbocycles. The van der Waals surface area contributed by atoms with E-state index in [4.69, 9.17) is 5.73 Å². The molecular weight excluding hydrogens is 220 g/mol. The number of amides is 1. The number of carbonyl (C=O) groups is 1. The number of aliphatic hydroxyl groups is 2. The number of nitrogens with zero attached hydrogens (tertiary/aromatic N) is 1. The number of anilines is 1. The molecule has 1 amide bonds. The van der Waals surface area contributed by atoms with Crippen LogP contribution in [-0.4, -0.2) is 46.3 Å². The normalized spacial score (nSPS) is 24.1. The van der Waals surface area contributed by atoms with Crippen LogP contribution in [0.1, 0.15) is 15.9 Å². The minimum Gasteiger partial charge on any atom is -0.398 e. The minimum atomic E-state index is -0.870. The van der Waals surface area contributed by atoms with Crippen molar-refractivity contribution in [2.45, 2.75) is 19.1 Å². The molecular formula is C12H16N2O3. The monoisotopic (exact) mass is 236 g/mol. The summed E-state index contributed by atoms with van der Waals surface area (Å²) in [6.07, 6.45) is -1.74. The van der Waals surface area contributed by atoms with Crippen LogP contribution >= 0.6 is 0 Å². The molecule has 0 radical (unpaired) electrons. The van der Waals surface area contributed by atoms with Crippen LogP contribution < -0.4 is 5.73 Å². The average molecular weight is 236 g/mol. The Morgan fingerprint density at radius 1 is 1.35 bits per heavy atom. The molecule has 2 rings (SSSR count). The molecule has 1 aromatic rings. The molecule has 0 bridgehead atoms. The second kappa shape index (κ2) is 4.35. The van der Waals surface area contributed by atoms with E-state index in [0.29, 0.717) is 11.3 Å². The zero-order chi connectivity index (χ0) is 12.6. The number of β-amino-alcohol motifs (C(OH)–C–C–N with tert-alkyl or cyclic N) is 2.